The standard InChI is InChI=1S/C13H18BrNO/c1-9-7-11(16-2)8-12(13(9)14)10-3-5-15-6-4-10/h7-8,10,15H,3-6H2,1-2H3. The number of rotatable bonds is 2. The van der Waals surface area contributed by atoms with Crippen molar-refractivity contribution in [1.82, 2.24) is 5.32 Å². The lowest BCUT2D eigenvalue weighted by molar-refractivity contribution is 0.410. The monoisotopic (exact) mass is 283 g/mol. The van der Waals surface area contributed by atoms with Crippen molar-refractivity contribution >= 4 is 15.9 Å². The Balaban J connectivity index is 2.33. The van der Waals surface area contributed by atoms with Crippen molar-refractivity contribution in [3.63, 3.8) is 0 Å². The van der Waals surface area contributed by atoms with Crippen LogP contribution in [0.5, 0.6) is 5.75 Å². The van der Waals surface area contributed by atoms with Crippen LogP contribution in [0.3, 0.4) is 0 Å². The van der Waals surface area contributed by atoms with Crippen molar-refractivity contribution in [2.45, 2.75) is 25.7 Å². The fourth-order valence-corrected chi connectivity index (χ4v) is 2.86. The first kappa shape index (κ1) is 11.9. The van der Waals surface area contributed by atoms with Crippen LogP contribution >= 0.6 is 15.9 Å². The topological polar surface area (TPSA) is 21.3 Å². The normalized spacial score (nSPS) is 17.4. The third-order valence-corrected chi connectivity index (χ3v) is 4.35. The van der Waals surface area contributed by atoms with E-state index < -0.39 is 0 Å². The lowest BCUT2D eigenvalue weighted by atomic mass is 9.89. The Morgan fingerprint density at radius 1 is 1.31 bits per heavy atom. The SMILES string of the molecule is COc1cc(C)c(Br)c(C2CCNCC2)c1. The molecule has 0 spiro atoms. The van der Waals surface area contributed by atoms with Crippen molar-refractivity contribution in [3.8, 4) is 5.75 Å². The van der Waals surface area contributed by atoms with Crippen LogP contribution in [0, 0.1) is 6.92 Å². The van der Waals surface area contributed by atoms with Gasteiger partial charge in [-0.3, -0.25) is 0 Å². The quantitative estimate of drug-likeness (QED) is 0.900. The molecular formula is C13H18BrNO. The number of piperidine rings is 1. The summed E-state index contributed by atoms with van der Waals surface area (Å²) in [6.45, 7) is 4.36. The third-order valence-electron chi connectivity index (χ3n) is 3.27. The van der Waals surface area contributed by atoms with Crippen molar-refractivity contribution in [1.29, 1.82) is 0 Å². The number of benzene rings is 1. The lowest BCUT2D eigenvalue weighted by Crippen LogP contribution is -2.26. The van der Waals surface area contributed by atoms with E-state index >= 15 is 0 Å². The Kier molecular flexibility index (Phi) is 3.87. The van der Waals surface area contributed by atoms with Crippen molar-refractivity contribution < 1.29 is 4.74 Å². The number of aryl methyl sites for hydroxylation is 1. The molecule has 0 unspecified atom stereocenters. The number of hydrogen-bond donors (Lipinski definition) is 1. The van der Waals surface area contributed by atoms with Crippen LogP contribution in [0.4, 0.5) is 0 Å². The van der Waals surface area contributed by atoms with Gasteiger partial charge in [-0.1, -0.05) is 15.9 Å². The Morgan fingerprint density at radius 2 is 2.00 bits per heavy atom. The zero-order valence-corrected chi connectivity index (χ0v) is 11.4. The highest BCUT2D eigenvalue weighted by Gasteiger charge is 2.19. The van der Waals surface area contributed by atoms with Crippen LogP contribution in [-0.2, 0) is 0 Å². The second-order valence-electron chi connectivity index (χ2n) is 4.37. The fraction of sp³-hybridized carbons (Fsp3) is 0.538. The number of nitrogens with one attached hydrogen (secondary N) is 1. The van der Waals surface area contributed by atoms with Crippen molar-refractivity contribution in [3.05, 3.63) is 27.7 Å². The van der Waals surface area contributed by atoms with Gasteiger partial charge in [0.2, 0.25) is 0 Å². The van der Waals surface area contributed by atoms with Gasteiger partial charge in [0.25, 0.3) is 0 Å². The second kappa shape index (κ2) is 5.19. The second-order valence-corrected chi connectivity index (χ2v) is 5.16. The van der Waals surface area contributed by atoms with E-state index in [1.807, 2.05) is 0 Å². The minimum absolute atomic E-state index is 0.657. The molecule has 88 valence electrons. The van der Waals surface area contributed by atoms with Crippen LogP contribution < -0.4 is 10.1 Å². The van der Waals surface area contributed by atoms with E-state index in [1.54, 1.807) is 7.11 Å². The smallest absolute Gasteiger partial charge is 0.119 e. The summed E-state index contributed by atoms with van der Waals surface area (Å²) in [6, 6.07) is 4.25. The zero-order valence-electron chi connectivity index (χ0n) is 9.85. The molecular weight excluding hydrogens is 266 g/mol. The molecule has 2 nitrogen and oxygen atoms in total. The molecule has 0 saturated carbocycles. The average Bonchev–Trinajstić information content (AvgIpc) is 2.33. The van der Waals surface area contributed by atoms with Crippen LogP contribution in [0.1, 0.15) is 29.9 Å². The van der Waals surface area contributed by atoms with Crippen LogP contribution in [0.2, 0.25) is 0 Å². The molecule has 2 rings (SSSR count). The predicted octanol–water partition coefficient (Wildman–Crippen LogP) is 3.23. The lowest BCUT2D eigenvalue weighted by Gasteiger charge is -2.25. The van der Waals surface area contributed by atoms with E-state index in [2.05, 4.69) is 40.3 Å². The largest absolute Gasteiger partial charge is 0.497 e. The molecule has 0 amide bonds. The van der Waals surface area contributed by atoms with Gasteiger partial charge in [-0.15, -0.1) is 0 Å². The Morgan fingerprint density at radius 3 is 2.62 bits per heavy atom. The van der Waals surface area contributed by atoms with Crippen molar-refractivity contribution in [2.75, 3.05) is 20.2 Å². The molecule has 1 aliphatic rings. The highest BCUT2D eigenvalue weighted by Crippen LogP contribution is 2.36. The van der Waals surface area contributed by atoms with E-state index in [0.29, 0.717) is 5.92 Å². The molecule has 1 aliphatic heterocycles. The van der Waals surface area contributed by atoms with Crippen LogP contribution in [-0.4, -0.2) is 20.2 Å². The molecule has 1 aromatic rings. The van der Waals surface area contributed by atoms with Gasteiger partial charge in [0, 0.05) is 4.47 Å². The molecule has 16 heavy (non-hydrogen) atoms. The van der Waals surface area contributed by atoms with Gasteiger partial charge in [0.1, 0.15) is 5.75 Å². The number of ether oxygens (including phenoxy) is 1. The molecule has 1 fully saturated rings. The summed E-state index contributed by atoms with van der Waals surface area (Å²) in [5, 5.41) is 3.40. The van der Waals surface area contributed by atoms with Gasteiger partial charge in [0.15, 0.2) is 0 Å². The predicted molar refractivity (Wildman–Crippen MR) is 70.3 cm³/mol. The molecule has 0 aliphatic carbocycles. The molecule has 0 atom stereocenters. The van der Waals surface area contributed by atoms with Gasteiger partial charge in [-0.25, -0.2) is 0 Å². The maximum Gasteiger partial charge on any atom is 0.119 e. The first-order chi connectivity index (χ1) is 7.72. The van der Waals surface area contributed by atoms with Crippen LogP contribution in [0.25, 0.3) is 0 Å². The summed E-state index contributed by atoms with van der Waals surface area (Å²) in [5.41, 5.74) is 2.66. The summed E-state index contributed by atoms with van der Waals surface area (Å²) in [5.74, 6) is 1.62. The van der Waals surface area contributed by atoms with Gasteiger partial charge < -0.3 is 10.1 Å². The molecule has 0 aromatic heterocycles. The number of halogens is 1. The summed E-state index contributed by atoms with van der Waals surface area (Å²) in [7, 11) is 1.73. The molecule has 1 N–H and O–H groups in total. The van der Waals surface area contributed by atoms with Gasteiger partial charge in [-0.2, -0.15) is 0 Å². The van der Waals surface area contributed by atoms with E-state index in [1.165, 1.54) is 28.4 Å². The third kappa shape index (κ3) is 2.41. The molecule has 1 saturated heterocycles. The Labute approximate surface area is 106 Å². The molecule has 1 aromatic carbocycles. The first-order valence-electron chi connectivity index (χ1n) is 5.77. The summed E-state index contributed by atoms with van der Waals surface area (Å²) < 4.78 is 6.60. The van der Waals surface area contributed by atoms with Gasteiger partial charge in [-0.05, 0) is 62.0 Å². The Bertz CT molecular complexity index is 372. The highest BCUT2D eigenvalue weighted by atomic mass is 79.9. The van der Waals surface area contributed by atoms with Gasteiger partial charge >= 0.3 is 0 Å². The fourth-order valence-electron chi connectivity index (χ4n) is 2.31. The molecule has 3 heteroatoms. The van der Waals surface area contributed by atoms with E-state index in [0.717, 1.165) is 18.8 Å². The average molecular weight is 284 g/mol. The summed E-state index contributed by atoms with van der Waals surface area (Å²) >= 11 is 3.70. The van der Waals surface area contributed by atoms with Gasteiger partial charge in [0.05, 0.1) is 7.11 Å². The highest BCUT2D eigenvalue weighted by molar-refractivity contribution is 9.10. The summed E-state index contributed by atoms with van der Waals surface area (Å²) in [6.07, 6.45) is 2.43. The van der Waals surface area contributed by atoms with E-state index in [9.17, 15) is 0 Å². The van der Waals surface area contributed by atoms with Crippen LogP contribution in [0.15, 0.2) is 16.6 Å². The van der Waals surface area contributed by atoms with E-state index in [-0.39, 0.29) is 0 Å². The minimum atomic E-state index is 0.657. The maximum atomic E-state index is 5.35. The maximum absolute atomic E-state index is 5.35. The molecule has 0 radical (unpaired) electrons. The van der Waals surface area contributed by atoms with E-state index in [4.69, 9.17) is 4.74 Å². The molecule has 1 heterocycles. The zero-order chi connectivity index (χ0) is 11.5. The molecule has 0 bridgehead atoms. The number of methoxy groups -OCH3 is 1. The minimum Gasteiger partial charge on any atom is -0.497 e. The summed E-state index contributed by atoms with van der Waals surface area (Å²) in [4.78, 5) is 0. The van der Waals surface area contributed by atoms with Crippen molar-refractivity contribution in [2.24, 2.45) is 0 Å². The first-order valence-corrected chi connectivity index (χ1v) is 6.56. The Hall–Kier alpha value is -0.540. The number of hydrogen-bond acceptors (Lipinski definition) is 2.